The number of nitrogens with zero attached hydrogens (tertiary/aromatic N) is 2. The van der Waals surface area contributed by atoms with Crippen LogP contribution in [0.3, 0.4) is 0 Å². The van der Waals surface area contributed by atoms with Crippen molar-refractivity contribution in [3.8, 4) is 6.07 Å². The number of hydrogen-bond donors (Lipinski definition) is 4. The number of hydrogen-bond acceptors (Lipinski definition) is 6. The quantitative estimate of drug-likeness (QED) is 0.196. The van der Waals surface area contributed by atoms with Crippen LogP contribution >= 0.6 is 0 Å². The van der Waals surface area contributed by atoms with Crippen LogP contribution in [0.5, 0.6) is 0 Å². The van der Waals surface area contributed by atoms with E-state index >= 15 is 0 Å². The van der Waals surface area contributed by atoms with Gasteiger partial charge in [-0.2, -0.15) is 5.26 Å². The van der Waals surface area contributed by atoms with E-state index in [9.17, 15) is 38.6 Å². The molecule has 46 heavy (non-hydrogen) atoms. The molecular formula is C35H40F2N4O5. The molecule has 3 amide bonds. The van der Waals surface area contributed by atoms with Crippen molar-refractivity contribution in [1.29, 1.82) is 5.26 Å². The minimum Gasteiger partial charge on any atom is -0.388 e. The second-order valence-electron chi connectivity index (χ2n) is 11.2. The topological polar surface area (TPSA) is 143 Å². The highest BCUT2D eigenvalue weighted by atomic mass is 19.1. The van der Waals surface area contributed by atoms with Gasteiger partial charge < -0.3 is 25.7 Å². The molecule has 0 unspecified atom stereocenters. The molecular weight excluding hydrogens is 594 g/mol. The Labute approximate surface area is 267 Å². The minimum atomic E-state index is -1.81. The molecule has 9 nitrogen and oxygen atoms in total. The predicted molar refractivity (Wildman–Crippen MR) is 169 cm³/mol. The van der Waals surface area contributed by atoms with Crippen LogP contribution < -0.4 is 10.6 Å². The molecule has 0 bridgehead atoms. The monoisotopic (exact) mass is 634 g/mol. The molecule has 0 aliphatic carbocycles. The van der Waals surface area contributed by atoms with E-state index in [1.807, 2.05) is 19.9 Å². The van der Waals surface area contributed by atoms with E-state index < -0.39 is 47.7 Å². The van der Waals surface area contributed by atoms with Crippen molar-refractivity contribution < 1.29 is 33.4 Å². The van der Waals surface area contributed by atoms with Gasteiger partial charge in [-0.1, -0.05) is 32.0 Å². The fourth-order valence-corrected chi connectivity index (χ4v) is 5.24. The second-order valence-corrected chi connectivity index (χ2v) is 11.2. The van der Waals surface area contributed by atoms with Crippen LogP contribution in [0.15, 0.2) is 66.7 Å². The summed E-state index contributed by atoms with van der Waals surface area (Å²) < 4.78 is 28.2. The van der Waals surface area contributed by atoms with Crippen molar-refractivity contribution in [2.45, 2.75) is 70.7 Å². The van der Waals surface area contributed by atoms with Crippen LogP contribution in [0.25, 0.3) is 0 Å². The van der Waals surface area contributed by atoms with Gasteiger partial charge in [-0.25, -0.2) is 8.78 Å². The maximum Gasteiger partial charge on any atom is 0.253 e. The molecule has 3 aromatic carbocycles. The number of aliphatic hydroxyl groups excluding tert-OH is 2. The van der Waals surface area contributed by atoms with Crippen molar-refractivity contribution >= 4 is 17.7 Å². The summed E-state index contributed by atoms with van der Waals surface area (Å²) in [6, 6.07) is 14.7. The third-order valence-corrected chi connectivity index (χ3v) is 7.39. The number of aryl methyl sites for hydroxylation is 1. The fraction of sp³-hybridized carbons (Fsp3) is 0.371. The number of halogens is 2. The molecule has 0 aromatic heterocycles. The van der Waals surface area contributed by atoms with Gasteiger partial charge in [0.25, 0.3) is 17.7 Å². The van der Waals surface area contributed by atoms with Gasteiger partial charge in [-0.15, -0.1) is 0 Å². The van der Waals surface area contributed by atoms with Crippen LogP contribution in [0, 0.1) is 29.9 Å². The number of amides is 3. The Balaban J connectivity index is 1.93. The number of nitrogens with one attached hydrogen (secondary N) is 2. The molecule has 0 saturated carbocycles. The number of benzene rings is 3. The normalized spacial score (nSPS) is 13.5. The van der Waals surface area contributed by atoms with Gasteiger partial charge in [-0.05, 0) is 79.8 Å². The van der Waals surface area contributed by atoms with Gasteiger partial charge in [0.05, 0.1) is 24.6 Å². The summed E-state index contributed by atoms with van der Waals surface area (Å²) >= 11 is 0. The maximum atomic E-state index is 14.1. The first-order chi connectivity index (χ1) is 22.0. The van der Waals surface area contributed by atoms with Crippen molar-refractivity contribution in [3.63, 3.8) is 0 Å². The lowest BCUT2D eigenvalue weighted by Crippen LogP contribution is -2.56. The third kappa shape index (κ3) is 9.92. The standard InChI is InChI=1S/C35H40F2N4O5/c1-4-13-41(14-5-2)35(46)26-16-22(3)15-25(20-26)34(45)40-30(19-23-17-27(36)21-28(37)18-23)32(43)31(42)29(11-12-38)39-33(44)24-9-7-6-8-10-24/h6-10,15-18,20-21,29-32,42-43H,4-5,11,13-14,19H2,1-3H3,(H,39,44)(H,40,45)/t29-,30+,31+,32+/m0/s1. The van der Waals surface area contributed by atoms with Crippen LogP contribution in [0.2, 0.25) is 0 Å². The predicted octanol–water partition coefficient (Wildman–Crippen LogP) is 4.31. The van der Waals surface area contributed by atoms with Crippen molar-refractivity contribution in [2.24, 2.45) is 0 Å². The molecule has 0 spiro atoms. The Bertz CT molecular complexity index is 1520. The van der Waals surface area contributed by atoms with Crippen LogP contribution in [-0.4, -0.2) is 70.2 Å². The average molecular weight is 635 g/mol. The van der Waals surface area contributed by atoms with Crippen LogP contribution in [0.4, 0.5) is 8.78 Å². The largest absolute Gasteiger partial charge is 0.388 e. The molecule has 0 fully saturated rings. The number of carbonyl (C=O) groups excluding carboxylic acids is 3. The number of nitriles is 1. The van der Waals surface area contributed by atoms with E-state index in [-0.39, 0.29) is 35.4 Å². The molecule has 0 saturated heterocycles. The van der Waals surface area contributed by atoms with Crippen molar-refractivity contribution in [3.05, 3.63) is 106 Å². The van der Waals surface area contributed by atoms with E-state index in [1.165, 1.54) is 18.2 Å². The van der Waals surface area contributed by atoms with Crippen LogP contribution in [0.1, 0.15) is 75.3 Å². The number of rotatable bonds is 15. The molecule has 0 aliphatic rings. The summed E-state index contributed by atoms with van der Waals surface area (Å²) in [7, 11) is 0. The SMILES string of the molecule is CCCN(CCC)C(=O)c1cc(C)cc(C(=O)N[C@H](Cc2cc(F)cc(F)c2)[C@@H](O)[C@H](O)[C@H](CC#N)NC(=O)c2ccccc2)c1. The number of carbonyl (C=O) groups is 3. The number of aliphatic hydroxyl groups is 2. The highest BCUT2D eigenvalue weighted by Crippen LogP contribution is 2.18. The molecule has 0 radical (unpaired) electrons. The third-order valence-electron chi connectivity index (χ3n) is 7.39. The Hall–Kier alpha value is -4.66. The first-order valence-corrected chi connectivity index (χ1v) is 15.2. The highest BCUT2D eigenvalue weighted by Gasteiger charge is 2.35. The highest BCUT2D eigenvalue weighted by molar-refractivity contribution is 6.00. The first-order valence-electron chi connectivity index (χ1n) is 15.2. The summed E-state index contributed by atoms with van der Waals surface area (Å²) in [5.74, 6) is -3.31. The van der Waals surface area contributed by atoms with Gasteiger partial charge in [0, 0.05) is 35.8 Å². The summed E-state index contributed by atoms with van der Waals surface area (Å²) in [5, 5.41) is 37.2. The Kier molecular flexibility index (Phi) is 13.4. The molecule has 3 aromatic rings. The smallest absolute Gasteiger partial charge is 0.253 e. The molecule has 0 heterocycles. The van der Waals surface area contributed by atoms with Gasteiger partial charge in [-0.3, -0.25) is 14.4 Å². The molecule has 244 valence electrons. The van der Waals surface area contributed by atoms with Gasteiger partial charge in [0.15, 0.2) is 0 Å². The van der Waals surface area contributed by atoms with Crippen LogP contribution in [-0.2, 0) is 6.42 Å². The fourth-order valence-electron chi connectivity index (χ4n) is 5.24. The van der Waals surface area contributed by atoms with Crippen molar-refractivity contribution in [1.82, 2.24) is 15.5 Å². The Morgan fingerprint density at radius 3 is 1.93 bits per heavy atom. The van der Waals surface area contributed by atoms with E-state index in [4.69, 9.17) is 0 Å². The molecule has 0 aliphatic heterocycles. The van der Waals surface area contributed by atoms with E-state index in [1.54, 1.807) is 42.2 Å². The molecule has 4 atom stereocenters. The van der Waals surface area contributed by atoms with E-state index in [0.29, 0.717) is 30.3 Å². The van der Waals surface area contributed by atoms with E-state index in [2.05, 4.69) is 10.6 Å². The average Bonchev–Trinajstić information content (AvgIpc) is 3.02. The molecule has 3 rings (SSSR count). The summed E-state index contributed by atoms with van der Waals surface area (Å²) in [5.41, 5.74) is 1.36. The molecule has 11 heteroatoms. The van der Waals surface area contributed by atoms with Gasteiger partial charge >= 0.3 is 0 Å². The maximum absolute atomic E-state index is 14.1. The van der Waals surface area contributed by atoms with Gasteiger partial charge in [0.2, 0.25) is 0 Å². The Morgan fingerprint density at radius 1 is 0.804 bits per heavy atom. The lowest BCUT2D eigenvalue weighted by atomic mass is 9.92. The lowest BCUT2D eigenvalue weighted by Gasteiger charge is -2.32. The van der Waals surface area contributed by atoms with Crippen molar-refractivity contribution in [2.75, 3.05) is 13.1 Å². The van der Waals surface area contributed by atoms with Gasteiger partial charge in [0.1, 0.15) is 23.8 Å². The summed E-state index contributed by atoms with van der Waals surface area (Å²) in [4.78, 5) is 41.4. The minimum absolute atomic E-state index is 0.0779. The first kappa shape index (κ1) is 35.8. The summed E-state index contributed by atoms with van der Waals surface area (Å²) in [6.07, 6.45) is -2.77. The Morgan fingerprint density at radius 2 is 1.35 bits per heavy atom. The molecule has 4 N–H and O–H groups in total. The summed E-state index contributed by atoms with van der Waals surface area (Å²) in [6.45, 7) is 6.74. The zero-order valence-corrected chi connectivity index (χ0v) is 26.2. The zero-order valence-electron chi connectivity index (χ0n) is 26.2. The second kappa shape index (κ2) is 17.1. The zero-order chi connectivity index (χ0) is 33.8. The lowest BCUT2D eigenvalue weighted by molar-refractivity contribution is -0.0212. The van der Waals surface area contributed by atoms with E-state index in [0.717, 1.165) is 25.0 Å².